The topological polar surface area (TPSA) is 216 Å². The Kier molecular flexibility index (Phi) is 29.2. The lowest BCUT2D eigenvalue weighted by molar-refractivity contribution is -0.148. The van der Waals surface area contributed by atoms with Crippen LogP contribution < -0.4 is 16.0 Å². The number of halogens is 2. The van der Waals surface area contributed by atoms with Gasteiger partial charge >= 0.3 is 0 Å². The molecule has 0 spiro atoms. The Morgan fingerprint density at radius 3 is 2.06 bits per heavy atom. The van der Waals surface area contributed by atoms with Gasteiger partial charge < -0.3 is 49.4 Å². The minimum absolute atomic E-state index is 0.00703. The average Bonchev–Trinajstić information content (AvgIpc) is 4.27. The van der Waals surface area contributed by atoms with Gasteiger partial charge in [-0.05, 0) is 67.8 Å². The first-order chi connectivity index (χ1) is 39.4. The van der Waals surface area contributed by atoms with Crippen molar-refractivity contribution < 1.29 is 47.7 Å². The van der Waals surface area contributed by atoms with Crippen molar-refractivity contribution in [3.05, 3.63) is 87.6 Å². The molecule has 3 heterocycles. The second kappa shape index (κ2) is 35.1. The number of nitrogens with one attached hydrogen (secondary N) is 3. The quantitative estimate of drug-likeness (QED) is 0.0293. The third-order valence-electron chi connectivity index (χ3n) is 15.4. The normalized spacial score (nSPS) is 16.6. The monoisotopic (exact) mass is 1290 g/mol. The third-order valence-corrected chi connectivity index (χ3v) is 17.4. The number of hydrogen-bond acceptors (Lipinski definition) is 15. The van der Waals surface area contributed by atoms with Crippen molar-refractivity contribution >= 4 is 83.8 Å². The number of carbonyl (C=O) groups excluding carboxylic acids is 5. The number of likely N-dealkylation sites (N-methyl/N-ethyl adjacent to an activating group) is 2. The number of thiazole rings is 1. The number of likely N-dealkylation sites (tertiary alicyclic amines) is 1. The smallest absolute Gasteiger partial charge is 0.251 e. The van der Waals surface area contributed by atoms with Crippen molar-refractivity contribution in [2.75, 3.05) is 87.6 Å². The van der Waals surface area contributed by atoms with Gasteiger partial charge in [-0.15, -0.1) is 11.3 Å². The zero-order chi connectivity index (χ0) is 59.9. The molecule has 9 atom stereocenters. The first-order valence-corrected chi connectivity index (χ1v) is 31.8. The van der Waals surface area contributed by atoms with Gasteiger partial charge in [-0.2, -0.15) is 0 Å². The number of hydrogen-bond donors (Lipinski definition) is 3. The van der Waals surface area contributed by atoms with Gasteiger partial charge in [-0.1, -0.05) is 117 Å². The predicted octanol–water partition coefficient (Wildman–Crippen LogP) is 7.77. The molecule has 0 bridgehead atoms. The largest absolute Gasteiger partial charge is 0.379 e. The van der Waals surface area contributed by atoms with E-state index in [0.717, 1.165) is 33.9 Å². The molecule has 1 saturated heterocycles. The number of carbonyl (C=O) groups is 5. The van der Waals surface area contributed by atoms with Gasteiger partial charge in [-0.25, -0.2) is 15.0 Å². The number of fused-ring (bicyclic) bond motifs is 1. The lowest BCUT2D eigenvalue weighted by Gasteiger charge is -2.41. The standard InChI is InChI=1S/C60H89Br2N9O10S/c1-12-40(6)54(50(77-10)35-51(72)71-24-16-19-49(71)55(78-11)41(7)56(73)67-46(59-64-23-32-82-59)33-42-17-14-13-15-18-42)70(9)60(76)52(38(2)3)68-58(75)53(39(4)5)69(8)25-27-80-29-31-81-30-28-79-26-22-63-57(74)43-20-21-44-45(34-43)66-48(37-62)47(36-61)65-44/h13-15,17-18,20-21,23,32,34,38-41,46,49-50,52-55H,12,16,19,22,24-31,33,35-37H2,1-11H3,(H,63,74)(H,67,73)(H,68,75)/t40-,41+,46-,49-,50+,52-,53?,54-,55+/m0/s1. The van der Waals surface area contributed by atoms with E-state index >= 15 is 0 Å². The molecule has 19 nitrogen and oxygen atoms in total. The molecule has 5 rings (SSSR count). The van der Waals surface area contributed by atoms with Crippen LogP contribution in [0.4, 0.5) is 0 Å². The number of ether oxygens (including phenoxy) is 5. The molecule has 1 aliphatic heterocycles. The highest BCUT2D eigenvalue weighted by atomic mass is 79.9. The van der Waals surface area contributed by atoms with Crippen LogP contribution in [0.25, 0.3) is 11.0 Å². The molecular weight excluding hydrogens is 1200 g/mol. The van der Waals surface area contributed by atoms with Gasteiger partial charge in [-0.3, -0.25) is 28.9 Å². The highest BCUT2D eigenvalue weighted by Gasteiger charge is 2.43. The maximum absolute atomic E-state index is 14.7. The van der Waals surface area contributed by atoms with Crippen LogP contribution in [-0.2, 0) is 59.9 Å². The van der Waals surface area contributed by atoms with Crippen LogP contribution in [0.5, 0.6) is 0 Å². The molecular formula is C60H89Br2N9O10S. The lowest BCUT2D eigenvalue weighted by Crippen LogP contribution is -2.60. The van der Waals surface area contributed by atoms with Crippen LogP contribution in [0.15, 0.2) is 60.1 Å². The minimum Gasteiger partial charge on any atom is -0.379 e. The van der Waals surface area contributed by atoms with Crippen LogP contribution in [0.3, 0.4) is 0 Å². The number of rotatable bonds is 36. The molecule has 3 N–H and O–H groups in total. The molecule has 1 aliphatic rings. The van der Waals surface area contributed by atoms with Crippen LogP contribution in [0, 0.1) is 23.7 Å². The molecule has 2 aromatic heterocycles. The predicted molar refractivity (Wildman–Crippen MR) is 327 cm³/mol. The Balaban J connectivity index is 1.07. The number of benzene rings is 2. The van der Waals surface area contributed by atoms with E-state index in [9.17, 15) is 24.0 Å². The minimum atomic E-state index is -0.851. The highest BCUT2D eigenvalue weighted by Crippen LogP contribution is 2.31. The van der Waals surface area contributed by atoms with Crippen molar-refractivity contribution in [2.24, 2.45) is 23.7 Å². The van der Waals surface area contributed by atoms with Gasteiger partial charge in [0.2, 0.25) is 23.6 Å². The fraction of sp³-hybridized carbons (Fsp3) is 0.633. The molecule has 5 amide bonds. The van der Waals surface area contributed by atoms with E-state index < -0.39 is 36.3 Å². The second-order valence-electron chi connectivity index (χ2n) is 21.8. The van der Waals surface area contributed by atoms with Crippen molar-refractivity contribution in [1.82, 2.24) is 45.6 Å². The van der Waals surface area contributed by atoms with Gasteiger partial charge in [0.1, 0.15) is 11.0 Å². The molecule has 82 heavy (non-hydrogen) atoms. The van der Waals surface area contributed by atoms with Crippen LogP contribution in [-0.4, -0.2) is 183 Å². The van der Waals surface area contributed by atoms with Crippen molar-refractivity contribution in [3.8, 4) is 0 Å². The summed E-state index contributed by atoms with van der Waals surface area (Å²) in [5.41, 5.74) is 4.63. The molecule has 22 heteroatoms. The van der Waals surface area contributed by atoms with E-state index in [2.05, 4.69) is 69.7 Å². The van der Waals surface area contributed by atoms with Gasteiger partial charge in [0.25, 0.3) is 5.91 Å². The highest BCUT2D eigenvalue weighted by molar-refractivity contribution is 9.09. The van der Waals surface area contributed by atoms with E-state index in [1.165, 1.54) is 11.3 Å². The maximum atomic E-state index is 14.7. The lowest BCUT2D eigenvalue weighted by atomic mass is 9.89. The molecule has 1 unspecified atom stereocenters. The molecule has 1 fully saturated rings. The maximum Gasteiger partial charge on any atom is 0.251 e. The van der Waals surface area contributed by atoms with Gasteiger partial charge in [0.05, 0.1) is 111 Å². The summed E-state index contributed by atoms with van der Waals surface area (Å²) in [7, 11) is 6.78. The summed E-state index contributed by atoms with van der Waals surface area (Å²) in [6, 6.07) is 12.7. The van der Waals surface area contributed by atoms with E-state index in [4.69, 9.17) is 23.7 Å². The third kappa shape index (κ3) is 19.5. The zero-order valence-electron chi connectivity index (χ0n) is 49.9. The number of amides is 5. The van der Waals surface area contributed by atoms with Crippen molar-refractivity contribution in [1.29, 1.82) is 0 Å². The molecule has 2 aromatic carbocycles. The van der Waals surface area contributed by atoms with Crippen molar-refractivity contribution in [2.45, 2.75) is 134 Å². The number of aromatic nitrogens is 3. The molecule has 454 valence electrons. The molecule has 0 radical (unpaired) electrons. The SMILES string of the molecule is CC[C@H](C)[C@@H]([C@@H](CC(=O)N1CCC[C@H]1[C@H](OC)[C@@H](C)C(=O)N[C@@H](Cc1ccccc1)c1nccs1)OC)N(C)C(=O)[C@@H](NC(=O)C(C(C)C)N(C)CCOCCOCCOCCNC(=O)c1ccc2nc(CBr)c(CBr)nc2c1)C(C)C. The van der Waals surface area contributed by atoms with Crippen LogP contribution >= 0.6 is 43.2 Å². The Hall–Kier alpha value is -4.52. The summed E-state index contributed by atoms with van der Waals surface area (Å²) in [6.45, 7) is 17.1. The Morgan fingerprint density at radius 1 is 0.805 bits per heavy atom. The Labute approximate surface area is 506 Å². The molecule has 4 aromatic rings. The van der Waals surface area contributed by atoms with E-state index in [0.29, 0.717) is 100 Å². The van der Waals surface area contributed by atoms with Gasteiger partial charge in [0.15, 0.2) is 0 Å². The Morgan fingerprint density at radius 2 is 1.46 bits per heavy atom. The number of nitrogens with zero attached hydrogens (tertiary/aromatic N) is 6. The number of alkyl halides is 2. The van der Waals surface area contributed by atoms with E-state index in [1.807, 2.05) is 94.1 Å². The van der Waals surface area contributed by atoms with Crippen LogP contribution in [0.2, 0.25) is 0 Å². The summed E-state index contributed by atoms with van der Waals surface area (Å²) in [5, 5.41) is 13.1. The fourth-order valence-electron chi connectivity index (χ4n) is 10.8. The van der Waals surface area contributed by atoms with E-state index in [-0.39, 0.29) is 65.8 Å². The summed E-state index contributed by atoms with van der Waals surface area (Å²) in [6.07, 6.45) is 3.22. The summed E-state index contributed by atoms with van der Waals surface area (Å²) >= 11 is 8.41. The summed E-state index contributed by atoms with van der Waals surface area (Å²) < 4.78 is 29.5. The summed E-state index contributed by atoms with van der Waals surface area (Å²) in [5.74, 6) is -2.06. The summed E-state index contributed by atoms with van der Waals surface area (Å²) in [4.78, 5) is 89.6. The van der Waals surface area contributed by atoms with Crippen molar-refractivity contribution in [3.63, 3.8) is 0 Å². The fourth-order valence-corrected chi connectivity index (χ4v) is 12.3. The molecule has 0 saturated carbocycles. The first-order valence-electron chi connectivity index (χ1n) is 28.7. The van der Waals surface area contributed by atoms with E-state index in [1.54, 1.807) is 50.6 Å². The first kappa shape index (κ1) is 68.3. The van der Waals surface area contributed by atoms with Gasteiger partial charge in [0, 0.05) is 68.7 Å². The van der Waals surface area contributed by atoms with Crippen LogP contribution in [0.1, 0.15) is 113 Å². The molecule has 0 aliphatic carbocycles. The number of methoxy groups -OCH3 is 2. The second-order valence-corrected chi connectivity index (χ2v) is 23.8. The Bertz CT molecular complexity index is 2610. The zero-order valence-corrected chi connectivity index (χ0v) is 53.9. The average molecular weight is 1290 g/mol.